The molecule has 21 heavy (non-hydrogen) atoms. The number of hydrogen-bond acceptors (Lipinski definition) is 2. The Kier molecular flexibility index (Phi) is 4.70. The zero-order valence-corrected chi connectivity index (χ0v) is 12.1. The number of halogens is 1. The zero-order valence-electron chi connectivity index (χ0n) is 12.1. The molecule has 0 aliphatic heterocycles. The van der Waals surface area contributed by atoms with E-state index in [1.807, 2.05) is 14.0 Å². The van der Waals surface area contributed by atoms with Gasteiger partial charge in [0.05, 0.1) is 5.56 Å². The van der Waals surface area contributed by atoms with E-state index in [0.717, 1.165) is 12.1 Å². The van der Waals surface area contributed by atoms with Gasteiger partial charge in [0.1, 0.15) is 5.82 Å². The maximum absolute atomic E-state index is 13.3. The first-order chi connectivity index (χ1) is 9.95. The first kappa shape index (κ1) is 15.2. The van der Waals surface area contributed by atoms with Crippen molar-refractivity contribution >= 4 is 5.97 Å². The van der Waals surface area contributed by atoms with Crippen molar-refractivity contribution in [3.8, 4) is 0 Å². The Bertz CT molecular complexity index is 638. The molecule has 2 rings (SSSR count). The maximum atomic E-state index is 13.3. The number of nitrogens with zero attached hydrogens (tertiary/aromatic N) is 1. The van der Waals surface area contributed by atoms with Crippen LogP contribution in [0, 0.1) is 12.7 Å². The topological polar surface area (TPSA) is 40.5 Å². The summed E-state index contributed by atoms with van der Waals surface area (Å²) in [6.07, 6.45) is 0. The molecule has 4 heteroatoms. The fraction of sp³-hybridized carbons (Fsp3) is 0.235. The number of aryl methyl sites for hydroxylation is 1. The van der Waals surface area contributed by atoms with Crippen LogP contribution in [0.25, 0.3) is 0 Å². The molecule has 2 aromatic carbocycles. The van der Waals surface area contributed by atoms with Crippen molar-refractivity contribution < 1.29 is 14.3 Å². The minimum Gasteiger partial charge on any atom is -0.478 e. The second-order valence-corrected chi connectivity index (χ2v) is 5.28. The van der Waals surface area contributed by atoms with Crippen LogP contribution in [-0.2, 0) is 13.1 Å². The summed E-state index contributed by atoms with van der Waals surface area (Å²) >= 11 is 0. The van der Waals surface area contributed by atoms with Gasteiger partial charge in [-0.05, 0) is 37.2 Å². The highest BCUT2D eigenvalue weighted by atomic mass is 19.1. The van der Waals surface area contributed by atoms with Gasteiger partial charge >= 0.3 is 5.97 Å². The summed E-state index contributed by atoms with van der Waals surface area (Å²) < 4.78 is 13.3. The predicted molar refractivity (Wildman–Crippen MR) is 79.7 cm³/mol. The third-order valence-corrected chi connectivity index (χ3v) is 3.29. The lowest BCUT2D eigenvalue weighted by atomic mass is 10.1. The minimum atomic E-state index is -1.24. The van der Waals surface area contributed by atoms with E-state index in [1.165, 1.54) is 23.3 Å². The van der Waals surface area contributed by atoms with Gasteiger partial charge in [-0.2, -0.15) is 0 Å². The third kappa shape index (κ3) is 4.13. The molecule has 0 heterocycles. The molecule has 0 saturated heterocycles. The normalized spacial score (nSPS) is 10.9. The largest absolute Gasteiger partial charge is 0.478 e. The highest BCUT2D eigenvalue weighted by Gasteiger charge is 2.11. The smallest absolute Gasteiger partial charge is 0.338 e. The van der Waals surface area contributed by atoms with Crippen molar-refractivity contribution in [1.82, 2.24) is 4.90 Å². The zero-order chi connectivity index (χ0) is 15.4. The molecule has 0 aromatic heterocycles. The van der Waals surface area contributed by atoms with Crippen LogP contribution >= 0.6 is 0 Å². The van der Waals surface area contributed by atoms with E-state index in [1.54, 1.807) is 6.07 Å². The second-order valence-electron chi connectivity index (χ2n) is 5.28. The van der Waals surface area contributed by atoms with E-state index in [-0.39, 0.29) is 5.56 Å². The van der Waals surface area contributed by atoms with Gasteiger partial charge in [0.15, 0.2) is 0 Å². The summed E-state index contributed by atoms with van der Waals surface area (Å²) in [6, 6.07) is 12.5. The van der Waals surface area contributed by atoms with Crippen LogP contribution in [0.5, 0.6) is 0 Å². The predicted octanol–water partition coefficient (Wildman–Crippen LogP) is 3.46. The number of rotatable bonds is 5. The van der Waals surface area contributed by atoms with E-state index in [9.17, 15) is 9.18 Å². The number of carbonyl (C=O) groups is 1. The number of carboxylic acids is 1. The average molecular weight is 287 g/mol. The van der Waals surface area contributed by atoms with Crippen LogP contribution < -0.4 is 0 Å². The molecule has 0 aliphatic rings. The lowest BCUT2D eigenvalue weighted by molar-refractivity contribution is 0.0691. The molecule has 0 unspecified atom stereocenters. The van der Waals surface area contributed by atoms with Gasteiger partial charge in [0.25, 0.3) is 0 Å². The summed E-state index contributed by atoms with van der Waals surface area (Å²) in [5, 5.41) is 8.93. The molecule has 0 spiro atoms. The Morgan fingerprint density at radius 1 is 1.10 bits per heavy atom. The Morgan fingerprint density at radius 2 is 1.67 bits per heavy atom. The number of benzene rings is 2. The molecule has 0 bridgehead atoms. The number of hydrogen-bond donors (Lipinski definition) is 1. The molecule has 3 nitrogen and oxygen atoms in total. The van der Waals surface area contributed by atoms with Crippen molar-refractivity contribution in [3.63, 3.8) is 0 Å². The molecule has 110 valence electrons. The van der Waals surface area contributed by atoms with E-state index in [0.29, 0.717) is 6.54 Å². The maximum Gasteiger partial charge on any atom is 0.338 e. The van der Waals surface area contributed by atoms with Gasteiger partial charge < -0.3 is 5.11 Å². The molecular formula is C17H18FNO2. The summed E-state index contributed by atoms with van der Waals surface area (Å²) in [4.78, 5) is 13.0. The van der Waals surface area contributed by atoms with Crippen LogP contribution in [0.4, 0.5) is 4.39 Å². The first-order valence-corrected chi connectivity index (χ1v) is 6.71. The highest BCUT2D eigenvalue weighted by Crippen LogP contribution is 2.14. The molecule has 1 N–H and O–H groups in total. The van der Waals surface area contributed by atoms with Gasteiger partial charge in [0.2, 0.25) is 0 Å². The van der Waals surface area contributed by atoms with Gasteiger partial charge in [-0.25, -0.2) is 9.18 Å². The van der Waals surface area contributed by atoms with Crippen molar-refractivity contribution in [3.05, 3.63) is 70.5 Å². The van der Waals surface area contributed by atoms with Gasteiger partial charge in [-0.15, -0.1) is 0 Å². The van der Waals surface area contributed by atoms with Crippen LogP contribution in [0.15, 0.2) is 42.5 Å². The second kappa shape index (κ2) is 6.50. The van der Waals surface area contributed by atoms with Crippen molar-refractivity contribution in [2.75, 3.05) is 7.05 Å². The number of aromatic carboxylic acids is 1. The summed E-state index contributed by atoms with van der Waals surface area (Å²) in [6.45, 7) is 3.36. The molecule has 2 aromatic rings. The Balaban J connectivity index is 2.05. The van der Waals surface area contributed by atoms with Crippen LogP contribution in [0.3, 0.4) is 0 Å². The molecule has 0 aliphatic carbocycles. The third-order valence-electron chi connectivity index (χ3n) is 3.29. The summed E-state index contributed by atoms with van der Waals surface area (Å²) in [5.74, 6) is -1.94. The first-order valence-electron chi connectivity index (χ1n) is 6.71. The van der Waals surface area contributed by atoms with E-state index >= 15 is 0 Å². The monoisotopic (exact) mass is 287 g/mol. The van der Waals surface area contributed by atoms with E-state index in [2.05, 4.69) is 29.2 Å². The van der Waals surface area contributed by atoms with Gasteiger partial charge in [-0.3, -0.25) is 4.90 Å². The van der Waals surface area contributed by atoms with Crippen molar-refractivity contribution in [2.45, 2.75) is 20.0 Å². The fourth-order valence-electron chi connectivity index (χ4n) is 2.21. The lowest BCUT2D eigenvalue weighted by Crippen LogP contribution is -2.17. The summed E-state index contributed by atoms with van der Waals surface area (Å²) in [7, 11) is 1.95. The van der Waals surface area contributed by atoms with Crippen molar-refractivity contribution in [2.24, 2.45) is 0 Å². The summed E-state index contributed by atoms with van der Waals surface area (Å²) in [5.41, 5.74) is 2.90. The quantitative estimate of drug-likeness (QED) is 0.915. The highest BCUT2D eigenvalue weighted by molar-refractivity contribution is 5.88. The molecule has 0 atom stereocenters. The Hall–Kier alpha value is -2.20. The van der Waals surface area contributed by atoms with Crippen LogP contribution in [-0.4, -0.2) is 23.0 Å². The minimum absolute atomic E-state index is 0.281. The average Bonchev–Trinajstić information content (AvgIpc) is 2.43. The molecule has 0 saturated carbocycles. The van der Waals surface area contributed by atoms with Crippen LogP contribution in [0.2, 0.25) is 0 Å². The van der Waals surface area contributed by atoms with Crippen LogP contribution in [0.1, 0.15) is 27.0 Å². The Morgan fingerprint density at radius 3 is 2.29 bits per heavy atom. The fourth-order valence-corrected chi connectivity index (χ4v) is 2.21. The standard InChI is InChI=1S/C17H18FNO2/c1-12-3-5-13(6-4-12)10-19(2)11-14-7-8-16(18)15(9-14)17(20)21/h3-9H,10-11H2,1-2H3,(H,20,21). The SMILES string of the molecule is Cc1ccc(CN(C)Cc2ccc(F)c(C(=O)O)c2)cc1. The Labute approximate surface area is 123 Å². The molecule has 0 amide bonds. The van der Waals surface area contributed by atoms with E-state index in [4.69, 9.17) is 5.11 Å². The lowest BCUT2D eigenvalue weighted by Gasteiger charge is -2.17. The van der Waals surface area contributed by atoms with Crippen molar-refractivity contribution in [1.29, 1.82) is 0 Å². The van der Waals surface area contributed by atoms with E-state index < -0.39 is 11.8 Å². The molecular weight excluding hydrogens is 269 g/mol. The molecule has 0 radical (unpaired) electrons. The number of carboxylic acid groups (broad SMARTS) is 1. The molecule has 0 fully saturated rings. The van der Waals surface area contributed by atoms with Gasteiger partial charge in [0, 0.05) is 13.1 Å². The van der Waals surface area contributed by atoms with Gasteiger partial charge in [-0.1, -0.05) is 35.9 Å².